The zero-order valence-electron chi connectivity index (χ0n) is 35.1. The first-order valence-electron chi connectivity index (χ1n) is 21.4. The average Bonchev–Trinajstić information content (AvgIpc) is 4.01. The number of fused-ring (bicyclic) bond motifs is 4. The monoisotopic (exact) mass is 897 g/mol. The van der Waals surface area contributed by atoms with Crippen molar-refractivity contribution in [2.24, 2.45) is 0 Å². The molecule has 2 nitrogen and oxygen atoms in total. The van der Waals surface area contributed by atoms with Crippen LogP contribution in [0.1, 0.15) is 110 Å². The second-order valence-electron chi connectivity index (χ2n) is 18.5. The van der Waals surface area contributed by atoms with Crippen LogP contribution in [0.2, 0.25) is 13.1 Å². The summed E-state index contributed by atoms with van der Waals surface area (Å²) in [6, 6.07) is 27.7. The number of benzene rings is 4. The van der Waals surface area contributed by atoms with Gasteiger partial charge in [-0.05, 0) is 0 Å². The van der Waals surface area contributed by atoms with E-state index in [9.17, 15) is 17.0 Å². The van der Waals surface area contributed by atoms with Gasteiger partial charge in [-0.2, -0.15) is 0 Å². The van der Waals surface area contributed by atoms with Gasteiger partial charge in [0.05, 0.1) is 0 Å². The third-order valence-corrected chi connectivity index (χ3v) is 65.6. The molecule has 0 amide bonds. The van der Waals surface area contributed by atoms with E-state index in [0.29, 0.717) is 0 Å². The fourth-order valence-corrected chi connectivity index (χ4v) is 41.6. The van der Waals surface area contributed by atoms with Gasteiger partial charge in [0.1, 0.15) is 0 Å². The van der Waals surface area contributed by atoms with Gasteiger partial charge in [-0.3, -0.25) is 0 Å². The third-order valence-electron chi connectivity index (χ3n) is 14.1. The van der Waals surface area contributed by atoms with Gasteiger partial charge in [-0.25, -0.2) is 0 Å². The van der Waals surface area contributed by atoms with Gasteiger partial charge < -0.3 is 0 Å². The molecule has 6 aromatic rings. The summed E-state index contributed by atoms with van der Waals surface area (Å²) < 4.78 is 13.0. The molecule has 0 N–H and O–H groups in total. The fourth-order valence-electron chi connectivity index (χ4n) is 11.7. The number of hydrogen-bond acceptors (Lipinski definition) is 2. The maximum absolute atomic E-state index is 9.17. The summed E-state index contributed by atoms with van der Waals surface area (Å²) in [5.41, 5.74) is 23.9. The summed E-state index contributed by atoms with van der Waals surface area (Å²) >= 11 is -5.39. The molecule has 10 rings (SSSR count). The van der Waals surface area contributed by atoms with Gasteiger partial charge >= 0.3 is 356 Å². The van der Waals surface area contributed by atoms with Gasteiger partial charge in [0.15, 0.2) is 0 Å². The van der Waals surface area contributed by atoms with Crippen LogP contribution in [-0.2, 0) is 41.2 Å². The quantitative estimate of drug-likeness (QED) is 0.149. The number of hydrogen-bond donors (Lipinski definition) is 0. The molecule has 0 saturated heterocycles. The Hall–Kier alpha value is -3.40. The van der Waals surface area contributed by atoms with E-state index in [-0.39, 0.29) is 7.25 Å². The minimum absolute atomic E-state index is 0.166. The van der Waals surface area contributed by atoms with E-state index in [4.69, 9.17) is 8.83 Å². The van der Waals surface area contributed by atoms with Gasteiger partial charge in [-0.1, -0.05) is 0 Å². The van der Waals surface area contributed by atoms with Gasteiger partial charge in [0.25, 0.3) is 0 Å². The Kier molecular flexibility index (Phi) is 9.24. The van der Waals surface area contributed by atoms with E-state index in [1.807, 2.05) is 13.8 Å². The summed E-state index contributed by atoms with van der Waals surface area (Å²) in [6.45, 7) is 17.9. The standard InChI is InChI=1S/2C25H23O.C2H7Si.2ClH.Zr/c2*1-15-9-16(2)11-21(10-15)25-22-6-4-5-18(22)12-19-13-20(14-23(19)25)24-8-7-17(3)26-24;1-3-2;;;/h2*7-14H,4-6H2,1-3H3;3H,1-2H3;2*1H;/q;;;;;+2/p-2. The Morgan fingerprint density at radius 1 is 0.534 bits per heavy atom. The molecule has 4 aliphatic rings. The molecule has 295 valence electrons. The van der Waals surface area contributed by atoms with Crippen LogP contribution in [0.4, 0.5) is 0 Å². The van der Waals surface area contributed by atoms with Crippen LogP contribution in [0.25, 0.3) is 45.6 Å². The van der Waals surface area contributed by atoms with E-state index in [1.165, 1.54) is 102 Å². The number of allylic oxidation sites excluding steroid dienone is 2. The summed E-state index contributed by atoms with van der Waals surface area (Å²) in [5.74, 6) is 1.65. The normalized spacial score (nSPS) is 18.8. The molecule has 0 spiro atoms. The van der Waals surface area contributed by atoms with Crippen LogP contribution in [0.15, 0.2) is 81.6 Å². The SMILES string of the molecule is Cc1cc(C)cc(-c2c3c(cc4c2CCC4)[CH]([Zr]([Cl])([Cl])([CH]2C(c4ccc(C)o4)=Cc4c2cc2c(c4-c4cc(C)cc(C)c4)CCC2)[SiH](C)C)C(c2ccc(C)o2)=C3)c1. The molecule has 2 unspecified atom stereocenters. The zero-order chi connectivity index (χ0) is 40.4. The summed E-state index contributed by atoms with van der Waals surface area (Å²) in [7, 11) is 18.3. The minimum atomic E-state index is -5.39. The van der Waals surface area contributed by atoms with Crippen LogP contribution >= 0.6 is 17.0 Å². The molecule has 58 heavy (non-hydrogen) atoms. The first kappa shape index (κ1) is 38.8. The van der Waals surface area contributed by atoms with Gasteiger partial charge in [0, 0.05) is 0 Å². The molecule has 2 heterocycles. The van der Waals surface area contributed by atoms with Gasteiger partial charge in [-0.15, -0.1) is 0 Å². The average molecular weight is 900 g/mol. The van der Waals surface area contributed by atoms with Crippen molar-refractivity contribution in [2.75, 3.05) is 0 Å². The van der Waals surface area contributed by atoms with Crippen LogP contribution in [0.3, 0.4) is 0 Å². The molecule has 0 radical (unpaired) electrons. The molecule has 6 heteroatoms. The van der Waals surface area contributed by atoms with Crippen LogP contribution in [-0.4, -0.2) is 5.92 Å². The Bertz CT molecular complexity index is 2570. The van der Waals surface area contributed by atoms with Gasteiger partial charge in [0.2, 0.25) is 0 Å². The molecule has 0 saturated carbocycles. The van der Waals surface area contributed by atoms with Crippen molar-refractivity contribution in [3.8, 4) is 22.3 Å². The van der Waals surface area contributed by atoms with Crippen molar-refractivity contribution < 1.29 is 24.4 Å². The van der Waals surface area contributed by atoms with Crippen LogP contribution in [0, 0.1) is 41.5 Å². The van der Waals surface area contributed by atoms with E-state index in [2.05, 4.69) is 126 Å². The summed E-state index contributed by atoms with van der Waals surface area (Å²) in [4.78, 5) is 0. The Morgan fingerprint density at radius 3 is 1.28 bits per heavy atom. The molecule has 4 aliphatic carbocycles. The predicted octanol–water partition coefficient (Wildman–Crippen LogP) is 14.9. The predicted molar refractivity (Wildman–Crippen MR) is 245 cm³/mol. The third kappa shape index (κ3) is 5.86. The number of rotatable bonds is 7. The van der Waals surface area contributed by atoms with Crippen LogP contribution < -0.4 is 0 Å². The van der Waals surface area contributed by atoms with Crippen LogP contribution in [0.5, 0.6) is 0 Å². The number of furan rings is 2. The van der Waals surface area contributed by atoms with E-state index in [0.717, 1.165) is 59.9 Å². The van der Waals surface area contributed by atoms with E-state index >= 15 is 0 Å². The molecule has 0 aliphatic heterocycles. The van der Waals surface area contributed by atoms with Crippen molar-refractivity contribution >= 4 is 46.2 Å². The second kappa shape index (κ2) is 13.8. The molecule has 2 atom stereocenters. The molecular weight excluding hydrogens is 847 g/mol. The summed E-state index contributed by atoms with van der Waals surface area (Å²) in [5, 5.41) is 0. The molecule has 0 bridgehead atoms. The summed E-state index contributed by atoms with van der Waals surface area (Å²) in [6.07, 6.45) is 11.6. The van der Waals surface area contributed by atoms with Crippen molar-refractivity contribution in [2.45, 2.75) is 100 Å². The number of aryl methyl sites for hydroxylation is 8. The first-order valence-corrected chi connectivity index (χ1v) is 37.7. The number of halogens is 2. The van der Waals surface area contributed by atoms with Crippen molar-refractivity contribution in [3.63, 3.8) is 0 Å². The van der Waals surface area contributed by atoms with Crippen molar-refractivity contribution in [3.05, 3.63) is 163 Å². The second-order valence-corrected chi connectivity index (χ2v) is 61.0. The fraction of sp³-hybridized carbons (Fsp3) is 0.308. The topological polar surface area (TPSA) is 26.3 Å². The van der Waals surface area contributed by atoms with E-state index < -0.39 is 21.5 Å². The van der Waals surface area contributed by atoms with Crippen molar-refractivity contribution in [1.29, 1.82) is 0 Å². The molecule has 4 aromatic carbocycles. The maximum atomic E-state index is 9.17. The Balaban J connectivity index is 1.30. The Morgan fingerprint density at radius 2 is 0.931 bits per heavy atom. The molecular formula is C52H53Cl2O2SiZr. The Labute approximate surface area is 353 Å². The zero-order valence-corrected chi connectivity index (χ0v) is 40.3. The van der Waals surface area contributed by atoms with E-state index in [1.54, 1.807) is 0 Å². The molecule has 0 fully saturated rings. The first-order chi connectivity index (χ1) is 27.7. The van der Waals surface area contributed by atoms with Crippen molar-refractivity contribution in [1.82, 2.24) is 0 Å². The molecule has 2 aromatic heterocycles.